The number of aromatic hydroxyl groups is 1. The molecular formula is C11H7NO5. The van der Waals surface area contributed by atoms with Gasteiger partial charge in [0.2, 0.25) is 0 Å². The molecule has 0 radical (unpaired) electrons. The molecule has 1 aromatic carbocycles. The number of hydrogen-bond donors (Lipinski definition) is 3. The van der Waals surface area contributed by atoms with Crippen LogP contribution in [0.25, 0.3) is 5.57 Å². The van der Waals surface area contributed by atoms with E-state index in [9.17, 15) is 19.5 Å². The van der Waals surface area contributed by atoms with Crippen LogP contribution in [0.3, 0.4) is 0 Å². The maximum Gasteiger partial charge on any atom is 0.339 e. The van der Waals surface area contributed by atoms with Gasteiger partial charge in [-0.05, 0) is 6.07 Å². The summed E-state index contributed by atoms with van der Waals surface area (Å²) >= 11 is 0. The van der Waals surface area contributed by atoms with Crippen LogP contribution in [-0.2, 0) is 9.59 Å². The lowest BCUT2D eigenvalue weighted by Gasteiger charge is -2.06. The molecule has 0 unspecified atom stereocenters. The van der Waals surface area contributed by atoms with Crippen molar-refractivity contribution >= 4 is 23.4 Å². The number of para-hydroxylation sites is 1. The number of carbonyl (C=O) groups excluding carboxylic acids is 2. The summed E-state index contributed by atoms with van der Waals surface area (Å²) in [4.78, 5) is 33.1. The lowest BCUT2D eigenvalue weighted by Crippen LogP contribution is -2.21. The summed E-state index contributed by atoms with van der Waals surface area (Å²) in [5, 5.41) is 20.5. The van der Waals surface area contributed by atoms with E-state index in [1.54, 1.807) is 0 Å². The molecule has 0 fully saturated rings. The van der Waals surface area contributed by atoms with Gasteiger partial charge in [-0.15, -0.1) is 0 Å². The molecule has 1 heterocycles. The first-order chi connectivity index (χ1) is 8.00. The van der Waals surface area contributed by atoms with E-state index >= 15 is 0 Å². The van der Waals surface area contributed by atoms with Crippen molar-refractivity contribution in [2.75, 3.05) is 0 Å². The molecule has 1 aliphatic rings. The minimum Gasteiger partial charge on any atom is -0.506 e. The highest BCUT2D eigenvalue weighted by molar-refractivity contribution is 6.34. The van der Waals surface area contributed by atoms with Crippen LogP contribution in [0.4, 0.5) is 0 Å². The second-order valence-electron chi connectivity index (χ2n) is 3.38. The van der Waals surface area contributed by atoms with Gasteiger partial charge in [0.05, 0.1) is 5.57 Å². The van der Waals surface area contributed by atoms with Crippen molar-refractivity contribution < 1.29 is 24.6 Å². The molecule has 17 heavy (non-hydrogen) atoms. The van der Waals surface area contributed by atoms with Gasteiger partial charge in [-0.2, -0.15) is 0 Å². The second-order valence-corrected chi connectivity index (χ2v) is 3.38. The number of imide groups is 1. The van der Waals surface area contributed by atoms with Crippen LogP contribution in [0.1, 0.15) is 15.9 Å². The number of amides is 2. The Morgan fingerprint density at radius 3 is 2.47 bits per heavy atom. The number of rotatable bonds is 2. The highest BCUT2D eigenvalue weighted by Gasteiger charge is 2.26. The molecule has 0 saturated carbocycles. The van der Waals surface area contributed by atoms with Crippen molar-refractivity contribution in [3.8, 4) is 5.75 Å². The van der Waals surface area contributed by atoms with Gasteiger partial charge in [0.1, 0.15) is 11.3 Å². The van der Waals surface area contributed by atoms with Gasteiger partial charge in [-0.25, -0.2) is 4.79 Å². The van der Waals surface area contributed by atoms with Crippen molar-refractivity contribution in [3.63, 3.8) is 0 Å². The summed E-state index contributed by atoms with van der Waals surface area (Å²) in [6.07, 6.45) is 1.02. The molecule has 0 saturated heterocycles. The Balaban J connectivity index is 2.58. The molecule has 0 aromatic heterocycles. The summed E-state index contributed by atoms with van der Waals surface area (Å²) in [7, 11) is 0. The third-order valence-corrected chi connectivity index (χ3v) is 2.31. The van der Waals surface area contributed by atoms with E-state index in [2.05, 4.69) is 0 Å². The minimum absolute atomic E-state index is 0.0215. The van der Waals surface area contributed by atoms with E-state index in [-0.39, 0.29) is 16.7 Å². The molecule has 6 nitrogen and oxygen atoms in total. The Labute approximate surface area is 95.2 Å². The summed E-state index contributed by atoms with van der Waals surface area (Å²) in [6, 6.07) is 3.96. The summed E-state index contributed by atoms with van der Waals surface area (Å²) in [5.41, 5.74) is -0.348. The van der Waals surface area contributed by atoms with Crippen molar-refractivity contribution in [1.82, 2.24) is 5.32 Å². The smallest absolute Gasteiger partial charge is 0.339 e. The maximum absolute atomic E-state index is 11.4. The molecule has 0 atom stereocenters. The average Bonchev–Trinajstić information content (AvgIpc) is 2.57. The van der Waals surface area contributed by atoms with Gasteiger partial charge < -0.3 is 10.2 Å². The number of carboxylic acid groups (broad SMARTS) is 1. The van der Waals surface area contributed by atoms with Crippen LogP contribution in [-0.4, -0.2) is 28.0 Å². The highest BCUT2D eigenvalue weighted by Crippen LogP contribution is 2.30. The zero-order valence-corrected chi connectivity index (χ0v) is 8.43. The average molecular weight is 233 g/mol. The molecule has 0 aliphatic carbocycles. The van der Waals surface area contributed by atoms with Crippen molar-refractivity contribution in [3.05, 3.63) is 35.4 Å². The van der Waals surface area contributed by atoms with Gasteiger partial charge in [0.15, 0.2) is 0 Å². The summed E-state index contributed by atoms with van der Waals surface area (Å²) < 4.78 is 0. The molecule has 2 amide bonds. The first kappa shape index (κ1) is 10.9. The van der Waals surface area contributed by atoms with Crippen LogP contribution in [0.5, 0.6) is 5.75 Å². The van der Waals surface area contributed by atoms with Gasteiger partial charge >= 0.3 is 5.97 Å². The monoisotopic (exact) mass is 233 g/mol. The second kappa shape index (κ2) is 3.75. The molecule has 6 heteroatoms. The summed E-state index contributed by atoms with van der Waals surface area (Å²) in [5.74, 6) is -3.09. The lowest BCUT2D eigenvalue weighted by atomic mass is 10.0. The zero-order valence-electron chi connectivity index (χ0n) is 8.43. The predicted octanol–water partition coefficient (Wildman–Crippen LogP) is 0.130. The Morgan fingerprint density at radius 1 is 1.24 bits per heavy atom. The highest BCUT2D eigenvalue weighted by atomic mass is 16.4. The number of nitrogens with one attached hydrogen (secondary N) is 1. The molecule has 1 aliphatic heterocycles. The first-order valence-corrected chi connectivity index (χ1v) is 4.63. The van der Waals surface area contributed by atoms with Crippen LogP contribution >= 0.6 is 0 Å². The number of aromatic carboxylic acids is 1. The van der Waals surface area contributed by atoms with Crippen LogP contribution in [0, 0.1) is 0 Å². The normalized spacial score (nSPS) is 14.5. The molecule has 2 rings (SSSR count). The Hall–Kier alpha value is -2.63. The Morgan fingerprint density at radius 2 is 1.94 bits per heavy atom. The molecule has 86 valence electrons. The van der Waals surface area contributed by atoms with Gasteiger partial charge in [-0.3, -0.25) is 14.9 Å². The topological polar surface area (TPSA) is 104 Å². The summed E-state index contributed by atoms with van der Waals surface area (Å²) in [6.45, 7) is 0. The number of phenols is 1. The van der Waals surface area contributed by atoms with E-state index in [4.69, 9.17) is 5.11 Å². The molecule has 0 bridgehead atoms. The standard InChI is InChI=1S/C11H7NO5/c13-8-4-7(10(15)12-8)5-2-1-3-6(9(5)14)11(16)17/h1-4,14H,(H,16,17)(H,12,13,15). The Kier molecular flexibility index (Phi) is 2.40. The quantitative estimate of drug-likeness (QED) is 0.630. The van der Waals surface area contributed by atoms with E-state index in [1.807, 2.05) is 5.32 Å². The Bertz CT molecular complexity index is 573. The number of carbonyl (C=O) groups is 3. The molecule has 0 spiro atoms. The number of carboxylic acids is 1. The number of benzene rings is 1. The van der Waals surface area contributed by atoms with E-state index in [0.717, 1.165) is 6.08 Å². The van der Waals surface area contributed by atoms with Crippen LogP contribution < -0.4 is 5.32 Å². The van der Waals surface area contributed by atoms with Crippen LogP contribution in [0.2, 0.25) is 0 Å². The third kappa shape index (κ3) is 1.76. The largest absolute Gasteiger partial charge is 0.506 e. The van der Waals surface area contributed by atoms with Crippen molar-refractivity contribution in [2.24, 2.45) is 0 Å². The third-order valence-electron chi connectivity index (χ3n) is 2.31. The van der Waals surface area contributed by atoms with Crippen molar-refractivity contribution in [1.29, 1.82) is 0 Å². The van der Waals surface area contributed by atoms with Gasteiger partial charge in [-0.1, -0.05) is 12.1 Å². The maximum atomic E-state index is 11.4. The van der Waals surface area contributed by atoms with E-state index in [0.29, 0.717) is 0 Å². The molecular weight excluding hydrogens is 226 g/mol. The fourth-order valence-corrected chi connectivity index (χ4v) is 1.55. The van der Waals surface area contributed by atoms with Gasteiger partial charge in [0, 0.05) is 11.6 Å². The van der Waals surface area contributed by atoms with E-state index < -0.39 is 23.5 Å². The van der Waals surface area contributed by atoms with Crippen molar-refractivity contribution in [2.45, 2.75) is 0 Å². The minimum atomic E-state index is -1.31. The molecule has 3 N–H and O–H groups in total. The van der Waals surface area contributed by atoms with Gasteiger partial charge in [0.25, 0.3) is 11.8 Å². The van der Waals surface area contributed by atoms with Crippen LogP contribution in [0.15, 0.2) is 24.3 Å². The first-order valence-electron chi connectivity index (χ1n) is 4.63. The molecule has 1 aromatic rings. The predicted molar refractivity (Wildman–Crippen MR) is 56.2 cm³/mol. The fraction of sp³-hybridized carbons (Fsp3) is 0. The number of hydrogen-bond acceptors (Lipinski definition) is 4. The lowest BCUT2D eigenvalue weighted by molar-refractivity contribution is -0.123. The fourth-order valence-electron chi connectivity index (χ4n) is 1.55. The SMILES string of the molecule is O=C1C=C(c2cccc(C(=O)O)c2O)C(=O)N1. The van der Waals surface area contributed by atoms with E-state index in [1.165, 1.54) is 18.2 Å². The zero-order chi connectivity index (χ0) is 12.6.